The van der Waals surface area contributed by atoms with E-state index in [1.807, 2.05) is 26.8 Å². The van der Waals surface area contributed by atoms with Gasteiger partial charge in [0.25, 0.3) is 0 Å². The molecule has 140 valence electrons. The normalized spacial score (nSPS) is 11.0. The molecule has 0 aliphatic carbocycles. The Morgan fingerprint density at radius 3 is 2.62 bits per heavy atom. The average molecular weight is 396 g/mol. The maximum atomic E-state index is 14.8. The van der Waals surface area contributed by atoms with Crippen molar-refractivity contribution in [2.45, 2.75) is 38.0 Å². The summed E-state index contributed by atoms with van der Waals surface area (Å²) in [6.45, 7) is 5.62. The molecule has 6 heteroatoms. The molecule has 0 aromatic heterocycles. The molecule has 2 rings (SSSR count). The topological polar surface area (TPSA) is 49.3 Å². The highest BCUT2D eigenvalue weighted by atomic mass is 35.5. The zero-order chi connectivity index (χ0) is 19.4. The molecule has 2 N–H and O–H groups in total. The Kier molecular flexibility index (Phi) is 6.95. The van der Waals surface area contributed by atoms with Crippen LogP contribution in [-0.2, 0) is 11.2 Å². The molecule has 0 unspecified atom stereocenters. The van der Waals surface area contributed by atoms with Gasteiger partial charge in [0.05, 0.1) is 5.75 Å². The van der Waals surface area contributed by atoms with Gasteiger partial charge in [0.2, 0.25) is 5.91 Å². The predicted molar refractivity (Wildman–Crippen MR) is 106 cm³/mol. The third-order valence-corrected chi connectivity index (χ3v) is 5.53. The summed E-state index contributed by atoms with van der Waals surface area (Å²) >= 11 is 7.84. The van der Waals surface area contributed by atoms with E-state index in [1.54, 1.807) is 19.2 Å². The minimum absolute atomic E-state index is 0.0231. The van der Waals surface area contributed by atoms with Gasteiger partial charge in [-0.3, -0.25) is 4.79 Å². The highest BCUT2D eigenvalue weighted by Gasteiger charge is 2.18. The Hall–Kier alpha value is -1.72. The average Bonchev–Trinajstić information content (AvgIpc) is 2.57. The molecule has 2 aromatic rings. The van der Waals surface area contributed by atoms with Gasteiger partial charge in [-0.05, 0) is 47.7 Å². The Bertz CT molecular complexity index is 801. The van der Waals surface area contributed by atoms with E-state index in [0.29, 0.717) is 28.3 Å². The summed E-state index contributed by atoms with van der Waals surface area (Å²) in [5.41, 5.74) is 2.61. The number of phenols is 1. The molecule has 3 nitrogen and oxygen atoms in total. The van der Waals surface area contributed by atoms with Gasteiger partial charge in [0, 0.05) is 29.0 Å². The number of halogens is 2. The van der Waals surface area contributed by atoms with E-state index >= 15 is 0 Å². The van der Waals surface area contributed by atoms with Crippen LogP contribution in [0.5, 0.6) is 5.75 Å². The van der Waals surface area contributed by atoms with Gasteiger partial charge >= 0.3 is 0 Å². The first-order chi connectivity index (χ1) is 12.2. The van der Waals surface area contributed by atoms with Crippen LogP contribution in [0.1, 0.15) is 42.0 Å². The summed E-state index contributed by atoms with van der Waals surface area (Å²) in [4.78, 5) is 12.3. The quantitative estimate of drug-likeness (QED) is 0.673. The number of amides is 1. The molecule has 0 fully saturated rings. The molecule has 0 bridgehead atoms. The number of aryl methyl sites for hydroxylation is 1. The minimum atomic E-state index is -0.381. The summed E-state index contributed by atoms with van der Waals surface area (Å²) in [7, 11) is 1.60. The number of phenolic OH excluding ortho intramolecular Hbond substituents is 1. The number of aromatic hydroxyl groups is 1. The second-order valence-corrected chi connectivity index (χ2v) is 7.92. The van der Waals surface area contributed by atoms with Crippen LogP contribution in [0.15, 0.2) is 29.2 Å². The van der Waals surface area contributed by atoms with Crippen molar-refractivity contribution in [3.05, 3.63) is 57.4 Å². The lowest BCUT2D eigenvalue weighted by Crippen LogP contribution is -2.19. The summed E-state index contributed by atoms with van der Waals surface area (Å²) in [5.74, 6) is -0.260. The van der Waals surface area contributed by atoms with Gasteiger partial charge in [0.1, 0.15) is 11.6 Å². The summed E-state index contributed by atoms with van der Waals surface area (Å²) in [5, 5.41) is 13.0. The maximum absolute atomic E-state index is 14.8. The molecule has 0 radical (unpaired) electrons. The first kappa shape index (κ1) is 20.6. The van der Waals surface area contributed by atoms with Crippen molar-refractivity contribution in [3.63, 3.8) is 0 Å². The Morgan fingerprint density at radius 2 is 2.04 bits per heavy atom. The van der Waals surface area contributed by atoms with Crippen LogP contribution in [0.4, 0.5) is 4.39 Å². The summed E-state index contributed by atoms with van der Waals surface area (Å²) in [6.07, 6.45) is 0.344. The molecule has 0 heterocycles. The predicted octanol–water partition coefficient (Wildman–Crippen LogP) is 5.05. The highest BCUT2D eigenvalue weighted by Crippen LogP contribution is 2.34. The van der Waals surface area contributed by atoms with E-state index < -0.39 is 0 Å². The van der Waals surface area contributed by atoms with Crippen LogP contribution in [0.3, 0.4) is 0 Å². The van der Waals surface area contributed by atoms with Crippen LogP contribution in [0.2, 0.25) is 5.02 Å². The minimum Gasteiger partial charge on any atom is -0.508 e. The fraction of sp³-hybridized carbons (Fsp3) is 0.350. The van der Waals surface area contributed by atoms with Crippen LogP contribution in [-0.4, -0.2) is 23.8 Å². The van der Waals surface area contributed by atoms with Gasteiger partial charge < -0.3 is 10.4 Å². The number of hydrogen-bond donors (Lipinski definition) is 2. The molecule has 0 aliphatic heterocycles. The zero-order valence-electron chi connectivity index (χ0n) is 15.3. The van der Waals surface area contributed by atoms with Crippen LogP contribution < -0.4 is 5.32 Å². The number of benzene rings is 2. The summed E-state index contributed by atoms with van der Waals surface area (Å²) in [6, 6.07) is 6.89. The number of carbonyl (C=O) groups is 1. The molecule has 1 amide bonds. The standard InChI is InChI=1S/C20H23ClFNO2S/c1-11(2)19-17(24)6-5-13(20(19)22)8-15-12(3)7-14(9-16(15)21)26-10-18(25)23-4/h5-7,9,11,24H,8,10H2,1-4H3,(H,23,25). The van der Waals surface area contributed by atoms with E-state index in [1.165, 1.54) is 17.8 Å². The molecule has 0 atom stereocenters. The van der Waals surface area contributed by atoms with Crippen molar-refractivity contribution < 1.29 is 14.3 Å². The zero-order valence-corrected chi connectivity index (χ0v) is 16.9. The van der Waals surface area contributed by atoms with E-state index in [9.17, 15) is 14.3 Å². The van der Waals surface area contributed by atoms with Gasteiger partial charge in [-0.1, -0.05) is 31.5 Å². The van der Waals surface area contributed by atoms with E-state index in [0.717, 1.165) is 16.0 Å². The first-order valence-corrected chi connectivity index (χ1v) is 9.73. The Labute approximate surface area is 163 Å². The van der Waals surface area contributed by atoms with Gasteiger partial charge in [0.15, 0.2) is 0 Å². The highest BCUT2D eigenvalue weighted by molar-refractivity contribution is 8.00. The van der Waals surface area contributed by atoms with E-state index in [2.05, 4.69) is 5.32 Å². The van der Waals surface area contributed by atoms with Gasteiger partial charge in [-0.15, -0.1) is 11.8 Å². The number of rotatable bonds is 6. The maximum Gasteiger partial charge on any atom is 0.230 e. The summed E-state index contributed by atoms with van der Waals surface area (Å²) < 4.78 is 14.8. The lowest BCUT2D eigenvalue weighted by atomic mass is 9.94. The fourth-order valence-corrected chi connectivity index (χ4v) is 4.08. The van der Waals surface area contributed by atoms with Crippen molar-refractivity contribution in [2.75, 3.05) is 12.8 Å². The number of hydrogen-bond acceptors (Lipinski definition) is 3. The number of carbonyl (C=O) groups excluding carboxylic acids is 1. The molecule has 0 aliphatic rings. The lowest BCUT2D eigenvalue weighted by Gasteiger charge is -2.15. The van der Waals surface area contributed by atoms with Crippen molar-refractivity contribution in [2.24, 2.45) is 0 Å². The lowest BCUT2D eigenvalue weighted by molar-refractivity contribution is -0.118. The van der Waals surface area contributed by atoms with Crippen molar-refractivity contribution in [1.29, 1.82) is 0 Å². The Morgan fingerprint density at radius 1 is 1.35 bits per heavy atom. The Balaban J connectivity index is 2.31. The molecule has 0 spiro atoms. The van der Waals surface area contributed by atoms with E-state index in [4.69, 9.17) is 11.6 Å². The molecule has 0 saturated carbocycles. The fourth-order valence-electron chi connectivity index (χ4n) is 2.77. The second kappa shape index (κ2) is 8.78. The monoisotopic (exact) mass is 395 g/mol. The first-order valence-electron chi connectivity index (χ1n) is 8.37. The number of thioether (sulfide) groups is 1. The SMILES string of the molecule is CNC(=O)CSc1cc(C)c(Cc2ccc(O)c(C(C)C)c2F)c(Cl)c1. The van der Waals surface area contributed by atoms with E-state index in [-0.39, 0.29) is 23.4 Å². The largest absolute Gasteiger partial charge is 0.508 e. The molecule has 2 aromatic carbocycles. The van der Waals surface area contributed by atoms with Gasteiger partial charge in [-0.25, -0.2) is 4.39 Å². The van der Waals surface area contributed by atoms with Crippen LogP contribution in [0.25, 0.3) is 0 Å². The second-order valence-electron chi connectivity index (χ2n) is 6.47. The molecule has 0 saturated heterocycles. The molecular formula is C20H23ClFNO2S. The van der Waals surface area contributed by atoms with Gasteiger partial charge in [-0.2, -0.15) is 0 Å². The third kappa shape index (κ3) is 4.71. The smallest absolute Gasteiger partial charge is 0.230 e. The van der Waals surface area contributed by atoms with Crippen molar-refractivity contribution >= 4 is 29.3 Å². The van der Waals surface area contributed by atoms with Crippen molar-refractivity contribution in [1.82, 2.24) is 5.32 Å². The van der Waals surface area contributed by atoms with Crippen LogP contribution >= 0.6 is 23.4 Å². The van der Waals surface area contributed by atoms with Crippen LogP contribution in [0, 0.1) is 12.7 Å². The molecular weight excluding hydrogens is 373 g/mol. The third-order valence-electron chi connectivity index (χ3n) is 4.22. The molecule has 26 heavy (non-hydrogen) atoms. The number of nitrogens with one attached hydrogen (secondary N) is 1. The van der Waals surface area contributed by atoms with Crippen molar-refractivity contribution in [3.8, 4) is 5.75 Å².